The van der Waals surface area contributed by atoms with Crippen molar-refractivity contribution in [2.45, 2.75) is 54.9 Å². The molecule has 1 N–H and O–H groups in total. The fraction of sp³-hybridized carbons (Fsp3) is 0.857. The van der Waals surface area contributed by atoms with Gasteiger partial charge < -0.3 is 5.11 Å². The van der Waals surface area contributed by atoms with Crippen molar-refractivity contribution in [2.24, 2.45) is 17.3 Å². The van der Waals surface area contributed by atoms with Crippen molar-refractivity contribution in [1.29, 1.82) is 0 Å². The van der Waals surface area contributed by atoms with Crippen LogP contribution in [0.5, 0.6) is 0 Å². The van der Waals surface area contributed by atoms with Crippen LogP contribution in [0.1, 0.15) is 54.9 Å². The van der Waals surface area contributed by atoms with Gasteiger partial charge in [-0.1, -0.05) is 60.6 Å². The van der Waals surface area contributed by atoms with Crippen LogP contribution in [0.2, 0.25) is 0 Å². The lowest BCUT2D eigenvalue weighted by atomic mass is 9.90. The molecule has 15 heavy (non-hydrogen) atoms. The molecule has 0 aromatic carbocycles. The molecule has 1 heteroatoms. The summed E-state index contributed by atoms with van der Waals surface area (Å²) in [5.74, 6) is 1.45. The molecule has 0 spiro atoms. The van der Waals surface area contributed by atoms with Gasteiger partial charge in [0.2, 0.25) is 0 Å². The largest absolute Gasteiger partial charge is 0.396 e. The standard InChI is InChI=1S/C10H20O.C4H10/c1-9(2)6-5-7-10(3,4)8-11;1-4(2)3/h5-6,9,11H,7-8H2,1-4H3;4H,1-3H3/b6-5+;. The van der Waals surface area contributed by atoms with Crippen LogP contribution in [0.25, 0.3) is 0 Å². The average molecular weight is 214 g/mol. The van der Waals surface area contributed by atoms with Crippen molar-refractivity contribution in [1.82, 2.24) is 0 Å². The molecule has 0 aliphatic rings. The van der Waals surface area contributed by atoms with E-state index in [1.807, 2.05) is 0 Å². The Balaban J connectivity index is 0. The Labute approximate surface area is 96.6 Å². The Hall–Kier alpha value is -0.300. The average Bonchev–Trinajstić information content (AvgIpc) is 2.02. The molecular weight excluding hydrogens is 184 g/mol. The van der Waals surface area contributed by atoms with Gasteiger partial charge in [-0.15, -0.1) is 0 Å². The molecule has 0 rings (SSSR count). The zero-order chi connectivity index (χ0) is 12.5. The SMILES string of the molecule is CC(C)/C=C/CC(C)(C)CO.CC(C)C. The third kappa shape index (κ3) is 19.9. The number of aliphatic hydroxyl groups excluding tert-OH is 1. The molecule has 0 heterocycles. The van der Waals surface area contributed by atoms with Gasteiger partial charge in [-0.3, -0.25) is 0 Å². The smallest absolute Gasteiger partial charge is 0.0485 e. The number of hydrogen-bond acceptors (Lipinski definition) is 1. The molecule has 92 valence electrons. The minimum Gasteiger partial charge on any atom is -0.396 e. The second-order valence-electron chi connectivity index (χ2n) is 5.93. The predicted octanol–water partition coefficient (Wildman–Crippen LogP) is 4.27. The minimum absolute atomic E-state index is 0.0470. The first-order valence-electron chi connectivity index (χ1n) is 5.99. The molecule has 0 aliphatic heterocycles. The third-order valence-electron chi connectivity index (χ3n) is 1.62. The maximum Gasteiger partial charge on any atom is 0.0485 e. The van der Waals surface area contributed by atoms with Gasteiger partial charge in [-0.05, 0) is 23.7 Å². The van der Waals surface area contributed by atoms with Crippen LogP contribution in [-0.4, -0.2) is 11.7 Å². The van der Waals surface area contributed by atoms with E-state index in [9.17, 15) is 0 Å². The molecule has 0 radical (unpaired) electrons. The van der Waals surface area contributed by atoms with Crippen molar-refractivity contribution < 1.29 is 5.11 Å². The van der Waals surface area contributed by atoms with E-state index >= 15 is 0 Å². The highest BCUT2D eigenvalue weighted by molar-refractivity contribution is 4.88. The Bertz CT molecular complexity index is 152. The summed E-state index contributed by atoms with van der Waals surface area (Å²) >= 11 is 0. The molecule has 1 nitrogen and oxygen atoms in total. The summed E-state index contributed by atoms with van der Waals surface area (Å²) in [5.41, 5.74) is 0.0470. The van der Waals surface area contributed by atoms with Crippen LogP contribution in [0.15, 0.2) is 12.2 Å². The van der Waals surface area contributed by atoms with Gasteiger partial charge in [0.25, 0.3) is 0 Å². The Morgan fingerprint density at radius 2 is 1.47 bits per heavy atom. The first-order valence-corrected chi connectivity index (χ1v) is 5.99. The molecule has 0 saturated carbocycles. The van der Waals surface area contributed by atoms with Gasteiger partial charge in [-0.2, -0.15) is 0 Å². The molecule has 0 aromatic heterocycles. The first kappa shape index (κ1) is 17.1. The maximum absolute atomic E-state index is 8.93. The Morgan fingerprint density at radius 1 is 1.07 bits per heavy atom. The molecule has 0 unspecified atom stereocenters. The third-order valence-corrected chi connectivity index (χ3v) is 1.62. The normalized spacial score (nSPS) is 12.1. The lowest BCUT2D eigenvalue weighted by molar-refractivity contribution is 0.162. The monoisotopic (exact) mass is 214 g/mol. The van der Waals surface area contributed by atoms with Crippen LogP contribution in [0.4, 0.5) is 0 Å². The van der Waals surface area contributed by atoms with E-state index in [0.29, 0.717) is 5.92 Å². The number of aliphatic hydroxyl groups is 1. The predicted molar refractivity (Wildman–Crippen MR) is 70.0 cm³/mol. The highest BCUT2D eigenvalue weighted by atomic mass is 16.3. The zero-order valence-electron chi connectivity index (χ0n) is 11.7. The van der Waals surface area contributed by atoms with Gasteiger partial charge in [0.1, 0.15) is 0 Å². The van der Waals surface area contributed by atoms with Gasteiger partial charge >= 0.3 is 0 Å². The second kappa shape index (κ2) is 8.96. The second-order valence-corrected chi connectivity index (χ2v) is 5.93. The van der Waals surface area contributed by atoms with Crippen molar-refractivity contribution in [2.75, 3.05) is 6.61 Å². The van der Waals surface area contributed by atoms with E-state index in [4.69, 9.17) is 5.11 Å². The summed E-state index contributed by atoms with van der Waals surface area (Å²) < 4.78 is 0. The van der Waals surface area contributed by atoms with Gasteiger partial charge in [0.15, 0.2) is 0 Å². The Kier molecular flexibility index (Phi) is 10.2. The summed E-state index contributed by atoms with van der Waals surface area (Å²) in [6.45, 7) is 15.2. The number of allylic oxidation sites excluding steroid dienone is 2. The highest BCUT2D eigenvalue weighted by Gasteiger charge is 2.13. The van der Waals surface area contributed by atoms with E-state index in [0.717, 1.165) is 12.3 Å². The lowest BCUT2D eigenvalue weighted by Crippen LogP contribution is -2.14. The summed E-state index contributed by atoms with van der Waals surface area (Å²) in [5, 5.41) is 8.93. The molecule has 0 amide bonds. The van der Waals surface area contributed by atoms with E-state index < -0.39 is 0 Å². The van der Waals surface area contributed by atoms with Gasteiger partial charge in [-0.25, -0.2) is 0 Å². The van der Waals surface area contributed by atoms with Crippen LogP contribution in [0, 0.1) is 17.3 Å². The first-order chi connectivity index (χ1) is 6.71. The number of hydrogen-bond donors (Lipinski definition) is 1. The maximum atomic E-state index is 8.93. The molecule has 0 aromatic rings. The van der Waals surface area contributed by atoms with Crippen molar-refractivity contribution in [3.8, 4) is 0 Å². The molecule has 0 atom stereocenters. The molecule has 0 aliphatic carbocycles. The van der Waals surface area contributed by atoms with E-state index in [1.54, 1.807) is 0 Å². The van der Waals surface area contributed by atoms with Crippen LogP contribution >= 0.6 is 0 Å². The van der Waals surface area contributed by atoms with Crippen LogP contribution in [-0.2, 0) is 0 Å². The highest BCUT2D eigenvalue weighted by Crippen LogP contribution is 2.19. The molecule has 0 fully saturated rings. The summed E-state index contributed by atoms with van der Waals surface area (Å²) in [7, 11) is 0. The van der Waals surface area contributed by atoms with E-state index in [1.165, 1.54) is 0 Å². The van der Waals surface area contributed by atoms with E-state index in [-0.39, 0.29) is 12.0 Å². The summed E-state index contributed by atoms with van der Waals surface area (Å²) in [6, 6.07) is 0. The molecule has 0 saturated heterocycles. The van der Waals surface area contributed by atoms with E-state index in [2.05, 4.69) is 60.6 Å². The fourth-order valence-electron chi connectivity index (χ4n) is 0.724. The van der Waals surface area contributed by atoms with Crippen molar-refractivity contribution >= 4 is 0 Å². The van der Waals surface area contributed by atoms with Crippen molar-refractivity contribution in [3.05, 3.63) is 12.2 Å². The Morgan fingerprint density at radius 3 is 1.73 bits per heavy atom. The fourth-order valence-corrected chi connectivity index (χ4v) is 0.724. The van der Waals surface area contributed by atoms with Gasteiger partial charge in [0.05, 0.1) is 0 Å². The summed E-state index contributed by atoms with van der Waals surface area (Å²) in [4.78, 5) is 0. The van der Waals surface area contributed by atoms with Crippen LogP contribution < -0.4 is 0 Å². The van der Waals surface area contributed by atoms with Crippen molar-refractivity contribution in [3.63, 3.8) is 0 Å². The zero-order valence-corrected chi connectivity index (χ0v) is 11.7. The molecular formula is C14H30O. The van der Waals surface area contributed by atoms with Gasteiger partial charge in [0, 0.05) is 6.61 Å². The van der Waals surface area contributed by atoms with Crippen LogP contribution in [0.3, 0.4) is 0 Å². The molecule has 0 bridgehead atoms. The lowest BCUT2D eigenvalue weighted by Gasteiger charge is -2.18. The quantitative estimate of drug-likeness (QED) is 0.693. The summed E-state index contributed by atoms with van der Waals surface area (Å²) in [6.07, 6.45) is 5.29. The minimum atomic E-state index is 0.0470. The topological polar surface area (TPSA) is 20.2 Å². The number of rotatable bonds is 4.